The van der Waals surface area contributed by atoms with Gasteiger partial charge in [-0.1, -0.05) is 15.9 Å². The van der Waals surface area contributed by atoms with E-state index in [0.29, 0.717) is 16.9 Å². The lowest BCUT2D eigenvalue weighted by molar-refractivity contribution is 0.419. The number of aryl methyl sites for hydroxylation is 2. The predicted octanol–water partition coefficient (Wildman–Crippen LogP) is 4.11. The second-order valence-corrected chi connectivity index (χ2v) is 5.49. The predicted molar refractivity (Wildman–Crippen MR) is 80.6 cm³/mol. The molecule has 0 aliphatic carbocycles. The molecule has 2 rings (SSSR count). The minimum absolute atomic E-state index is 0.169. The number of nitrogens with zero attached hydrogens (tertiary/aromatic N) is 1. The van der Waals surface area contributed by atoms with Crippen LogP contribution in [-0.4, -0.2) is 12.0 Å². The molecule has 0 radical (unpaired) electrons. The Morgan fingerprint density at radius 3 is 2.70 bits per heavy atom. The van der Waals surface area contributed by atoms with E-state index in [9.17, 15) is 4.39 Å². The number of hydrogen-bond acceptors (Lipinski definition) is 3. The molecule has 3 nitrogen and oxygen atoms in total. The molecule has 1 aromatic heterocycles. The van der Waals surface area contributed by atoms with E-state index in [1.165, 1.54) is 6.07 Å². The summed E-state index contributed by atoms with van der Waals surface area (Å²) in [6.45, 7) is 4.50. The molecule has 1 heterocycles. The fourth-order valence-electron chi connectivity index (χ4n) is 1.97. The third-order valence-corrected chi connectivity index (χ3v) is 3.38. The highest BCUT2D eigenvalue weighted by molar-refractivity contribution is 9.10. The van der Waals surface area contributed by atoms with Gasteiger partial charge in [0, 0.05) is 22.3 Å². The number of hydrogen-bond donors (Lipinski definition) is 1. The van der Waals surface area contributed by atoms with E-state index in [4.69, 9.17) is 4.74 Å². The maximum atomic E-state index is 13.9. The summed E-state index contributed by atoms with van der Waals surface area (Å²) in [6, 6.07) is 6.67. The molecule has 0 amide bonds. The highest BCUT2D eigenvalue weighted by Gasteiger charge is 2.13. The first-order valence-corrected chi connectivity index (χ1v) is 7.05. The summed E-state index contributed by atoms with van der Waals surface area (Å²) >= 11 is 3.22. The zero-order valence-corrected chi connectivity index (χ0v) is 13.2. The Labute approximate surface area is 126 Å². The van der Waals surface area contributed by atoms with E-state index < -0.39 is 5.82 Å². The lowest BCUT2D eigenvalue weighted by Gasteiger charge is -2.14. The van der Waals surface area contributed by atoms with Crippen LogP contribution in [0.1, 0.15) is 16.8 Å². The number of halogens is 2. The molecule has 20 heavy (non-hydrogen) atoms. The van der Waals surface area contributed by atoms with E-state index in [1.807, 2.05) is 27.0 Å². The SMILES string of the molecule is CNCc1c(C)cc(C)nc1Oc1ccc(Br)cc1F. The van der Waals surface area contributed by atoms with Crippen LogP contribution < -0.4 is 10.1 Å². The highest BCUT2D eigenvalue weighted by atomic mass is 79.9. The van der Waals surface area contributed by atoms with Crippen molar-refractivity contribution in [2.75, 3.05) is 7.05 Å². The monoisotopic (exact) mass is 338 g/mol. The van der Waals surface area contributed by atoms with Crippen LogP contribution in [-0.2, 0) is 6.54 Å². The zero-order chi connectivity index (χ0) is 14.7. The number of nitrogens with one attached hydrogen (secondary N) is 1. The molecule has 106 valence electrons. The van der Waals surface area contributed by atoms with Gasteiger partial charge in [0.25, 0.3) is 0 Å². The molecule has 0 aliphatic rings. The van der Waals surface area contributed by atoms with Crippen LogP contribution in [0.2, 0.25) is 0 Å². The van der Waals surface area contributed by atoms with Crippen LogP contribution in [0.4, 0.5) is 4.39 Å². The second kappa shape index (κ2) is 6.33. The van der Waals surface area contributed by atoms with Crippen LogP contribution in [0.25, 0.3) is 0 Å². The van der Waals surface area contributed by atoms with E-state index >= 15 is 0 Å². The van der Waals surface area contributed by atoms with E-state index in [1.54, 1.807) is 12.1 Å². The van der Waals surface area contributed by atoms with Gasteiger partial charge in [0.05, 0.1) is 0 Å². The summed E-state index contributed by atoms with van der Waals surface area (Å²) in [5.74, 6) is 0.192. The smallest absolute Gasteiger partial charge is 0.224 e. The molecule has 0 unspecified atom stereocenters. The third-order valence-electron chi connectivity index (χ3n) is 2.89. The van der Waals surface area contributed by atoms with Crippen molar-refractivity contribution < 1.29 is 9.13 Å². The number of benzene rings is 1. The fraction of sp³-hybridized carbons (Fsp3) is 0.267. The molecule has 1 N–H and O–H groups in total. The molecule has 0 saturated carbocycles. The molecule has 2 aromatic rings. The summed E-state index contributed by atoms with van der Waals surface area (Å²) in [5, 5.41) is 3.07. The first-order chi connectivity index (χ1) is 9.51. The van der Waals surface area contributed by atoms with Gasteiger partial charge in [-0.2, -0.15) is 0 Å². The molecule has 0 fully saturated rings. The quantitative estimate of drug-likeness (QED) is 0.910. The Balaban J connectivity index is 2.41. The first-order valence-electron chi connectivity index (χ1n) is 6.26. The summed E-state index contributed by atoms with van der Waals surface area (Å²) in [6.07, 6.45) is 0. The second-order valence-electron chi connectivity index (χ2n) is 4.57. The van der Waals surface area contributed by atoms with Crippen molar-refractivity contribution in [3.63, 3.8) is 0 Å². The molecule has 0 atom stereocenters. The topological polar surface area (TPSA) is 34.2 Å². The Morgan fingerprint density at radius 1 is 1.30 bits per heavy atom. The summed E-state index contributed by atoms with van der Waals surface area (Å²) in [4.78, 5) is 4.37. The van der Waals surface area contributed by atoms with Gasteiger partial charge in [0.15, 0.2) is 11.6 Å². The van der Waals surface area contributed by atoms with E-state index in [2.05, 4.69) is 26.2 Å². The standard InChI is InChI=1S/C15H16BrFN2O/c1-9-6-10(2)19-15(12(9)8-18-3)20-14-5-4-11(16)7-13(14)17/h4-7,18H,8H2,1-3H3. The van der Waals surface area contributed by atoms with Crippen molar-refractivity contribution in [1.29, 1.82) is 0 Å². The molecule has 1 aromatic carbocycles. The van der Waals surface area contributed by atoms with Crippen molar-refractivity contribution in [1.82, 2.24) is 10.3 Å². The van der Waals surface area contributed by atoms with Crippen LogP contribution in [0, 0.1) is 19.7 Å². The van der Waals surface area contributed by atoms with E-state index in [-0.39, 0.29) is 5.75 Å². The lowest BCUT2D eigenvalue weighted by Crippen LogP contribution is -2.10. The third kappa shape index (κ3) is 3.35. The van der Waals surface area contributed by atoms with Crippen LogP contribution in [0.3, 0.4) is 0 Å². The van der Waals surface area contributed by atoms with Gasteiger partial charge in [0.1, 0.15) is 0 Å². The molecular weight excluding hydrogens is 323 g/mol. The van der Waals surface area contributed by atoms with Gasteiger partial charge in [-0.15, -0.1) is 0 Å². The number of rotatable bonds is 4. The molecule has 0 spiro atoms. The number of ether oxygens (including phenoxy) is 1. The average molecular weight is 339 g/mol. The van der Waals surface area contributed by atoms with Crippen molar-refractivity contribution in [2.24, 2.45) is 0 Å². The van der Waals surface area contributed by atoms with Gasteiger partial charge in [-0.25, -0.2) is 9.37 Å². The lowest BCUT2D eigenvalue weighted by atomic mass is 10.1. The first kappa shape index (κ1) is 14.9. The van der Waals surface area contributed by atoms with Gasteiger partial charge < -0.3 is 10.1 Å². The molecular formula is C15H16BrFN2O. The van der Waals surface area contributed by atoms with Crippen molar-refractivity contribution in [3.8, 4) is 11.6 Å². The maximum absolute atomic E-state index is 13.9. The van der Waals surface area contributed by atoms with Crippen molar-refractivity contribution >= 4 is 15.9 Å². The van der Waals surface area contributed by atoms with Gasteiger partial charge in [0.2, 0.25) is 5.88 Å². The number of pyridine rings is 1. The normalized spacial score (nSPS) is 10.7. The largest absolute Gasteiger partial charge is 0.436 e. The summed E-state index contributed by atoms with van der Waals surface area (Å²) < 4.78 is 20.2. The fourth-order valence-corrected chi connectivity index (χ4v) is 2.30. The minimum Gasteiger partial charge on any atom is -0.436 e. The highest BCUT2D eigenvalue weighted by Crippen LogP contribution is 2.29. The molecule has 0 saturated heterocycles. The van der Waals surface area contributed by atoms with Gasteiger partial charge in [-0.05, 0) is 50.7 Å². The van der Waals surface area contributed by atoms with Crippen LogP contribution in [0.15, 0.2) is 28.7 Å². The Kier molecular flexibility index (Phi) is 4.73. The zero-order valence-electron chi connectivity index (χ0n) is 11.6. The Hall–Kier alpha value is -1.46. The van der Waals surface area contributed by atoms with Crippen molar-refractivity contribution in [2.45, 2.75) is 20.4 Å². The average Bonchev–Trinajstić information content (AvgIpc) is 2.37. The Bertz CT molecular complexity index is 632. The summed E-state index contributed by atoms with van der Waals surface area (Å²) in [5.41, 5.74) is 2.84. The van der Waals surface area contributed by atoms with Crippen molar-refractivity contribution in [3.05, 3.63) is 51.4 Å². The molecule has 0 aliphatic heterocycles. The number of aromatic nitrogens is 1. The minimum atomic E-state index is -0.421. The van der Waals surface area contributed by atoms with Gasteiger partial charge >= 0.3 is 0 Å². The van der Waals surface area contributed by atoms with E-state index in [0.717, 1.165) is 16.8 Å². The van der Waals surface area contributed by atoms with Gasteiger partial charge in [-0.3, -0.25) is 0 Å². The molecule has 5 heteroatoms. The van der Waals surface area contributed by atoms with Crippen LogP contribution >= 0.6 is 15.9 Å². The Morgan fingerprint density at radius 2 is 2.05 bits per heavy atom. The summed E-state index contributed by atoms with van der Waals surface area (Å²) in [7, 11) is 1.85. The maximum Gasteiger partial charge on any atom is 0.224 e. The molecule has 0 bridgehead atoms. The van der Waals surface area contributed by atoms with Crippen LogP contribution in [0.5, 0.6) is 11.6 Å².